The van der Waals surface area contributed by atoms with Crippen LogP contribution >= 0.6 is 0 Å². The van der Waals surface area contributed by atoms with Crippen molar-refractivity contribution < 1.29 is 13.5 Å². The molecule has 0 bridgehead atoms. The van der Waals surface area contributed by atoms with E-state index in [1.807, 2.05) is 0 Å². The maximum atomic E-state index is 14.9. The maximum absolute atomic E-state index is 14.9. The molecule has 0 amide bonds. The average molecular weight is 467 g/mol. The zero-order valence-electron chi connectivity index (χ0n) is 20.5. The van der Waals surface area contributed by atoms with E-state index in [0.717, 1.165) is 37.0 Å². The van der Waals surface area contributed by atoms with E-state index < -0.39 is 11.6 Å². The van der Waals surface area contributed by atoms with Gasteiger partial charge in [0.05, 0.1) is 12.2 Å². The van der Waals surface area contributed by atoms with Crippen LogP contribution in [0.15, 0.2) is 48.8 Å². The number of hydrogen-bond donors (Lipinski definition) is 0. The Morgan fingerprint density at radius 2 is 1.26 bits per heavy atom. The second-order valence-electron chi connectivity index (χ2n) is 8.80. The van der Waals surface area contributed by atoms with Crippen molar-refractivity contribution >= 4 is 0 Å². The highest BCUT2D eigenvalue weighted by Crippen LogP contribution is 2.31. The van der Waals surface area contributed by atoms with Gasteiger partial charge in [-0.3, -0.25) is 0 Å². The van der Waals surface area contributed by atoms with Crippen molar-refractivity contribution in [2.75, 3.05) is 6.61 Å². The Morgan fingerprint density at radius 1 is 0.676 bits per heavy atom. The molecule has 0 N–H and O–H groups in total. The molecule has 0 saturated heterocycles. The summed E-state index contributed by atoms with van der Waals surface area (Å²) >= 11 is 0. The van der Waals surface area contributed by atoms with Gasteiger partial charge in [0.25, 0.3) is 0 Å². The largest absolute Gasteiger partial charge is 0.494 e. The van der Waals surface area contributed by atoms with Crippen molar-refractivity contribution in [2.45, 2.75) is 78.1 Å². The van der Waals surface area contributed by atoms with Gasteiger partial charge in [-0.1, -0.05) is 77.0 Å². The molecule has 0 unspecified atom stereocenters. The second kappa shape index (κ2) is 13.8. The molecule has 34 heavy (non-hydrogen) atoms. The van der Waals surface area contributed by atoms with Crippen molar-refractivity contribution in [3.8, 4) is 28.3 Å². The summed E-state index contributed by atoms with van der Waals surface area (Å²) in [5, 5.41) is 0. The van der Waals surface area contributed by atoms with Crippen LogP contribution in [0.4, 0.5) is 8.78 Å². The van der Waals surface area contributed by atoms with Crippen LogP contribution in [-0.2, 0) is 6.42 Å². The van der Waals surface area contributed by atoms with E-state index in [9.17, 15) is 8.78 Å². The fourth-order valence-corrected chi connectivity index (χ4v) is 3.95. The van der Waals surface area contributed by atoms with Crippen molar-refractivity contribution in [2.24, 2.45) is 0 Å². The molecule has 3 nitrogen and oxygen atoms in total. The lowest BCUT2D eigenvalue weighted by molar-refractivity contribution is 0.305. The first-order chi connectivity index (χ1) is 16.6. The predicted molar refractivity (Wildman–Crippen MR) is 135 cm³/mol. The first kappa shape index (κ1) is 25.8. The summed E-state index contributed by atoms with van der Waals surface area (Å²) in [4.78, 5) is 8.59. The first-order valence-corrected chi connectivity index (χ1v) is 12.7. The molecule has 0 atom stereocenters. The van der Waals surface area contributed by atoms with E-state index in [-0.39, 0.29) is 17.0 Å². The summed E-state index contributed by atoms with van der Waals surface area (Å²) in [5.41, 5.74) is 1.90. The lowest BCUT2D eigenvalue weighted by Crippen LogP contribution is -1.99. The van der Waals surface area contributed by atoms with Crippen LogP contribution < -0.4 is 4.74 Å². The monoisotopic (exact) mass is 466 g/mol. The Morgan fingerprint density at radius 3 is 1.94 bits per heavy atom. The van der Waals surface area contributed by atoms with Crippen LogP contribution in [0.3, 0.4) is 0 Å². The third-order valence-corrected chi connectivity index (χ3v) is 6.03. The van der Waals surface area contributed by atoms with Gasteiger partial charge in [-0.05, 0) is 48.6 Å². The highest BCUT2D eigenvalue weighted by Gasteiger charge is 2.17. The number of unbranched alkanes of at least 4 members (excludes halogenated alkanes) is 7. The van der Waals surface area contributed by atoms with Gasteiger partial charge in [0.1, 0.15) is 5.75 Å². The van der Waals surface area contributed by atoms with Gasteiger partial charge in [-0.15, -0.1) is 0 Å². The number of halogens is 2. The van der Waals surface area contributed by atoms with Gasteiger partial charge >= 0.3 is 0 Å². The number of nitrogens with zero attached hydrogens (tertiary/aromatic N) is 2. The number of hydrogen-bond acceptors (Lipinski definition) is 3. The Labute approximate surface area is 202 Å². The van der Waals surface area contributed by atoms with Crippen molar-refractivity contribution in [3.05, 3.63) is 66.0 Å². The van der Waals surface area contributed by atoms with E-state index in [2.05, 4.69) is 23.8 Å². The summed E-state index contributed by atoms with van der Waals surface area (Å²) in [5.74, 6) is -0.892. The van der Waals surface area contributed by atoms with Crippen LogP contribution in [0.1, 0.15) is 77.2 Å². The molecule has 182 valence electrons. The lowest BCUT2D eigenvalue weighted by Gasteiger charge is -2.10. The molecular weight excluding hydrogens is 430 g/mol. The molecule has 0 saturated carbocycles. The topological polar surface area (TPSA) is 35.0 Å². The molecule has 0 radical (unpaired) electrons. The Hall–Kier alpha value is -2.82. The molecule has 0 fully saturated rings. The van der Waals surface area contributed by atoms with Gasteiger partial charge in [0.15, 0.2) is 17.5 Å². The standard InChI is InChI=1S/C29H36F2N2O/c1-3-5-7-9-10-12-22-20-32-29(33-21-22)26-18-17-25(27(30)28(26)31)23-13-15-24(16-14-23)34-19-11-8-6-4-2/h13-18,20-21H,3-12,19H2,1-2H3. The minimum absolute atomic E-state index is 0.0720. The molecule has 0 spiro atoms. The van der Waals surface area contributed by atoms with Crippen LogP contribution in [0, 0.1) is 11.6 Å². The van der Waals surface area contributed by atoms with Crippen LogP contribution in [0.25, 0.3) is 22.5 Å². The summed E-state index contributed by atoms with van der Waals surface area (Å²) < 4.78 is 35.6. The number of benzene rings is 2. The molecule has 5 heteroatoms. The molecule has 2 aromatic carbocycles. The zero-order chi connectivity index (χ0) is 24.2. The third kappa shape index (κ3) is 7.34. The number of aryl methyl sites for hydroxylation is 1. The molecule has 3 rings (SSSR count). The minimum atomic E-state index is -0.930. The highest BCUT2D eigenvalue weighted by molar-refractivity contribution is 5.69. The SMILES string of the molecule is CCCCCCCc1cnc(-c2ccc(-c3ccc(OCCCCCC)cc3)c(F)c2F)nc1. The van der Waals surface area contributed by atoms with E-state index in [1.165, 1.54) is 38.5 Å². The number of rotatable bonds is 14. The Bertz CT molecular complexity index is 921. The van der Waals surface area contributed by atoms with Crippen LogP contribution in [0.5, 0.6) is 5.75 Å². The molecule has 0 aliphatic carbocycles. The fourth-order valence-electron chi connectivity index (χ4n) is 3.95. The van der Waals surface area contributed by atoms with Gasteiger partial charge in [0.2, 0.25) is 0 Å². The molecule has 0 aliphatic rings. The van der Waals surface area contributed by atoms with Crippen molar-refractivity contribution in [3.63, 3.8) is 0 Å². The van der Waals surface area contributed by atoms with Crippen molar-refractivity contribution in [1.29, 1.82) is 0 Å². The first-order valence-electron chi connectivity index (χ1n) is 12.7. The second-order valence-corrected chi connectivity index (χ2v) is 8.80. The van der Waals surface area contributed by atoms with E-state index in [1.54, 1.807) is 48.8 Å². The van der Waals surface area contributed by atoms with Crippen LogP contribution in [-0.4, -0.2) is 16.6 Å². The Kier molecular flexibility index (Phi) is 10.5. The third-order valence-electron chi connectivity index (χ3n) is 6.03. The van der Waals surface area contributed by atoms with E-state index >= 15 is 0 Å². The van der Waals surface area contributed by atoms with Gasteiger partial charge < -0.3 is 4.74 Å². The van der Waals surface area contributed by atoms with Crippen LogP contribution in [0.2, 0.25) is 0 Å². The molecular formula is C29H36F2N2O. The summed E-state index contributed by atoms with van der Waals surface area (Å²) in [6.07, 6.45) is 14.9. The fraction of sp³-hybridized carbons (Fsp3) is 0.448. The molecule has 1 heterocycles. The smallest absolute Gasteiger partial charge is 0.170 e. The van der Waals surface area contributed by atoms with Gasteiger partial charge in [-0.25, -0.2) is 18.7 Å². The lowest BCUT2D eigenvalue weighted by atomic mass is 10.0. The molecule has 3 aromatic rings. The number of ether oxygens (including phenoxy) is 1. The average Bonchev–Trinajstić information content (AvgIpc) is 2.86. The predicted octanol–water partition coefficient (Wildman–Crippen LogP) is 8.56. The number of aromatic nitrogens is 2. The van der Waals surface area contributed by atoms with Gasteiger partial charge in [-0.2, -0.15) is 0 Å². The minimum Gasteiger partial charge on any atom is -0.494 e. The highest BCUT2D eigenvalue weighted by atomic mass is 19.2. The van der Waals surface area contributed by atoms with E-state index in [0.29, 0.717) is 12.2 Å². The maximum Gasteiger partial charge on any atom is 0.170 e. The summed E-state index contributed by atoms with van der Waals surface area (Å²) in [6.45, 7) is 5.03. The normalized spacial score (nSPS) is 11.1. The van der Waals surface area contributed by atoms with Gasteiger partial charge in [0, 0.05) is 18.0 Å². The zero-order valence-corrected chi connectivity index (χ0v) is 20.5. The van der Waals surface area contributed by atoms with Crippen molar-refractivity contribution in [1.82, 2.24) is 9.97 Å². The van der Waals surface area contributed by atoms with E-state index in [4.69, 9.17) is 4.74 Å². The quantitative estimate of drug-likeness (QED) is 0.223. The summed E-state index contributed by atoms with van der Waals surface area (Å²) in [7, 11) is 0. The summed E-state index contributed by atoms with van der Waals surface area (Å²) in [6, 6.07) is 10.2. The molecule has 0 aliphatic heterocycles. The molecule has 1 aromatic heterocycles. The Balaban J connectivity index is 1.63.